The molecule has 1 atom stereocenters. The van der Waals surface area contributed by atoms with E-state index < -0.39 is 0 Å². The number of piperazine rings is 1. The molecule has 1 aromatic heterocycles. The van der Waals surface area contributed by atoms with Crippen LogP contribution in [0, 0.1) is 0 Å². The van der Waals surface area contributed by atoms with Gasteiger partial charge in [0.25, 0.3) is 0 Å². The highest BCUT2D eigenvalue weighted by molar-refractivity contribution is 5.85. The summed E-state index contributed by atoms with van der Waals surface area (Å²) in [6, 6.07) is 4.62. The number of H-pyrrole nitrogens is 1. The van der Waals surface area contributed by atoms with Gasteiger partial charge >= 0.3 is 0 Å². The van der Waals surface area contributed by atoms with E-state index in [4.69, 9.17) is 0 Å². The summed E-state index contributed by atoms with van der Waals surface area (Å²) in [6.45, 7) is 3.17. The second-order valence-corrected chi connectivity index (χ2v) is 2.84. The number of aromatic nitrogens is 1. The Balaban J connectivity index is 0.000000720. The Bertz CT molecular complexity index is 204. The minimum absolute atomic E-state index is 0. The van der Waals surface area contributed by atoms with Crippen molar-refractivity contribution >= 4 is 12.4 Å². The van der Waals surface area contributed by atoms with Crippen molar-refractivity contribution in [2.24, 2.45) is 0 Å². The Hall–Kier alpha value is -0.510. The summed E-state index contributed by atoms with van der Waals surface area (Å²) in [6.07, 6.45) is 1.96. The van der Waals surface area contributed by atoms with E-state index in [1.54, 1.807) is 0 Å². The van der Waals surface area contributed by atoms with Crippen molar-refractivity contribution < 1.29 is 0 Å². The van der Waals surface area contributed by atoms with Crippen LogP contribution in [0.25, 0.3) is 0 Å². The monoisotopic (exact) mass is 187 g/mol. The lowest BCUT2D eigenvalue weighted by Crippen LogP contribution is -2.42. The third-order valence-electron chi connectivity index (χ3n) is 2.04. The molecule has 68 valence electrons. The van der Waals surface area contributed by atoms with Crippen LogP contribution in [0.4, 0.5) is 0 Å². The lowest BCUT2D eigenvalue weighted by atomic mass is 10.2. The van der Waals surface area contributed by atoms with E-state index in [1.807, 2.05) is 12.3 Å². The summed E-state index contributed by atoms with van der Waals surface area (Å²) in [5.74, 6) is 0. The number of hydrogen-bond acceptors (Lipinski definition) is 2. The molecule has 3 nitrogen and oxygen atoms in total. The average molecular weight is 188 g/mol. The molecule has 0 saturated carbocycles. The summed E-state index contributed by atoms with van der Waals surface area (Å²) in [5, 5.41) is 6.77. The van der Waals surface area contributed by atoms with Crippen LogP contribution in [0.1, 0.15) is 11.7 Å². The molecule has 0 amide bonds. The molecule has 4 heteroatoms. The van der Waals surface area contributed by atoms with Crippen LogP contribution >= 0.6 is 12.4 Å². The summed E-state index contributed by atoms with van der Waals surface area (Å²) in [5.41, 5.74) is 1.28. The van der Waals surface area contributed by atoms with Crippen molar-refractivity contribution in [3.8, 4) is 0 Å². The van der Waals surface area contributed by atoms with Crippen LogP contribution in [0.3, 0.4) is 0 Å². The maximum Gasteiger partial charge on any atom is 0.0599 e. The molecule has 2 rings (SSSR count). The van der Waals surface area contributed by atoms with E-state index in [-0.39, 0.29) is 12.4 Å². The minimum Gasteiger partial charge on any atom is -0.364 e. The zero-order chi connectivity index (χ0) is 7.52. The average Bonchev–Trinajstić information content (AvgIpc) is 2.58. The van der Waals surface area contributed by atoms with E-state index in [9.17, 15) is 0 Å². The summed E-state index contributed by atoms with van der Waals surface area (Å²) >= 11 is 0. The first kappa shape index (κ1) is 9.58. The van der Waals surface area contributed by atoms with Gasteiger partial charge in [0.15, 0.2) is 0 Å². The Labute approximate surface area is 78.3 Å². The maximum atomic E-state index is 3.43. The molecule has 1 aliphatic rings. The normalized spacial score (nSPS) is 23.2. The molecule has 1 fully saturated rings. The third-order valence-corrected chi connectivity index (χ3v) is 2.04. The SMILES string of the molecule is Cl.c1c[nH]c([C@H]2CNCCN2)c1. The van der Waals surface area contributed by atoms with Crippen molar-refractivity contribution in [1.29, 1.82) is 0 Å². The number of rotatable bonds is 1. The standard InChI is InChI=1S/C8H13N3.ClH/c1-2-7(10-3-1)8-6-9-4-5-11-8;/h1-3,8-11H,4-6H2;1H/t8-;/m1./s1. The van der Waals surface area contributed by atoms with Crippen molar-refractivity contribution in [3.05, 3.63) is 24.0 Å². The van der Waals surface area contributed by atoms with Gasteiger partial charge in [0.1, 0.15) is 0 Å². The molecule has 3 N–H and O–H groups in total. The number of nitrogens with one attached hydrogen (secondary N) is 3. The van der Waals surface area contributed by atoms with Crippen molar-refractivity contribution in [2.75, 3.05) is 19.6 Å². The first-order valence-corrected chi connectivity index (χ1v) is 4.04. The molecule has 0 aromatic carbocycles. The Morgan fingerprint density at radius 2 is 2.25 bits per heavy atom. The first-order chi connectivity index (χ1) is 5.47. The fourth-order valence-corrected chi connectivity index (χ4v) is 1.43. The van der Waals surface area contributed by atoms with Gasteiger partial charge in [-0.05, 0) is 12.1 Å². The van der Waals surface area contributed by atoms with E-state index in [0.29, 0.717) is 6.04 Å². The largest absolute Gasteiger partial charge is 0.364 e. The van der Waals surface area contributed by atoms with Gasteiger partial charge in [0, 0.05) is 31.5 Å². The molecule has 1 aliphatic heterocycles. The topological polar surface area (TPSA) is 39.9 Å². The van der Waals surface area contributed by atoms with Gasteiger partial charge in [-0.25, -0.2) is 0 Å². The highest BCUT2D eigenvalue weighted by Crippen LogP contribution is 2.09. The number of halogens is 1. The maximum absolute atomic E-state index is 3.43. The zero-order valence-electron chi connectivity index (χ0n) is 6.84. The predicted octanol–water partition coefficient (Wildman–Crippen LogP) is 0.670. The quantitative estimate of drug-likeness (QED) is 0.605. The van der Waals surface area contributed by atoms with Gasteiger partial charge in [-0.15, -0.1) is 12.4 Å². The van der Waals surface area contributed by atoms with Crippen molar-refractivity contribution in [1.82, 2.24) is 15.6 Å². The molecular formula is C8H14ClN3. The zero-order valence-corrected chi connectivity index (χ0v) is 7.66. The fourth-order valence-electron chi connectivity index (χ4n) is 1.43. The van der Waals surface area contributed by atoms with Crippen LogP contribution in [-0.2, 0) is 0 Å². The summed E-state index contributed by atoms with van der Waals surface area (Å²) in [4.78, 5) is 3.20. The summed E-state index contributed by atoms with van der Waals surface area (Å²) < 4.78 is 0. The summed E-state index contributed by atoms with van der Waals surface area (Å²) in [7, 11) is 0. The highest BCUT2D eigenvalue weighted by atomic mass is 35.5. The number of hydrogen-bond donors (Lipinski definition) is 3. The van der Waals surface area contributed by atoms with Gasteiger partial charge in [0.05, 0.1) is 6.04 Å². The van der Waals surface area contributed by atoms with Crippen LogP contribution in [0.5, 0.6) is 0 Å². The van der Waals surface area contributed by atoms with Crippen LogP contribution in [-0.4, -0.2) is 24.6 Å². The Kier molecular flexibility index (Phi) is 3.59. The second-order valence-electron chi connectivity index (χ2n) is 2.84. The number of aromatic amines is 1. The second kappa shape index (κ2) is 4.50. The molecule has 12 heavy (non-hydrogen) atoms. The van der Waals surface area contributed by atoms with Gasteiger partial charge < -0.3 is 15.6 Å². The predicted molar refractivity (Wildman–Crippen MR) is 51.7 cm³/mol. The Morgan fingerprint density at radius 3 is 2.83 bits per heavy atom. The van der Waals surface area contributed by atoms with E-state index in [2.05, 4.69) is 21.7 Å². The van der Waals surface area contributed by atoms with Crippen LogP contribution in [0.2, 0.25) is 0 Å². The molecule has 0 aliphatic carbocycles. The van der Waals surface area contributed by atoms with E-state index >= 15 is 0 Å². The molecule has 1 saturated heterocycles. The van der Waals surface area contributed by atoms with Crippen LogP contribution in [0.15, 0.2) is 18.3 Å². The fraction of sp³-hybridized carbons (Fsp3) is 0.500. The molecule has 0 spiro atoms. The smallest absolute Gasteiger partial charge is 0.0599 e. The van der Waals surface area contributed by atoms with Crippen molar-refractivity contribution in [2.45, 2.75) is 6.04 Å². The lowest BCUT2D eigenvalue weighted by molar-refractivity contribution is 0.424. The first-order valence-electron chi connectivity index (χ1n) is 4.04. The molecule has 0 unspecified atom stereocenters. The van der Waals surface area contributed by atoms with Crippen molar-refractivity contribution in [3.63, 3.8) is 0 Å². The third kappa shape index (κ3) is 2.00. The molecular weight excluding hydrogens is 174 g/mol. The van der Waals surface area contributed by atoms with Crippen LogP contribution < -0.4 is 10.6 Å². The molecule has 2 heterocycles. The van der Waals surface area contributed by atoms with E-state index in [0.717, 1.165) is 19.6 Å². The van der Waals surface area contributed by atoms with Gasteiger partial charge in [-0.1, -0.05) is 0 Å². The Morgan fingerprint density at radius 1 is 1.33 bits per heavy atom. The molecule has 1 aromatic rings. The highest BCUT2D eigenvalue weighted by Gasteiger charge is 2.13. The molecule has 0 bridgehead atoms. The van der Waals surface area contributed by atoms with Gasteiger partial charge in [-0.3, -0.25) is 0 Å². The van der Waals surface area contributed by atoms with Gasteiger partial charge in [0.2, 0.25) is 0 Å². The lowest BCUT2D eigenvalue weighted by Gasteiger charge is -2.23. The molecule has 0 radical (unpaired) electrons. The minimum atomic E-state index is 0. The van der Waals surface area contributed by atoms with E-state index in [1.165, 1.54) is 5.69 Å². The van der Waals surface area contributed by atoms with Gasteiger partial charge in [-0.2, -0.15) is 0 Å².